The van der Waals surface area contributed by atoms with Crippen LogP contribution in [-0.4, -0.2) is 44.7 Å². The number of carbonyl (C=O) groups excluding carboxylic acids is 1. The molecule has 2 atom stereocenters. The van der Waals surface area contributed by atoms with E-state index in [4.69, 9.17) is 10.5 Å². The van der Waals surface area contributed by atoms with Crippen LogP contribution in [0.25, 0.3) is 0 Å². The van der Waals surface area contributed by atoms with E-state index in [-0.39, 0.29) is 5.91 Å². The Kier molecular flexibility index (Phi) is 7.28. The monoisotopic (exact) mass is 256 g/mol. The SMILES string of the molecule is CN(C)C(=O)CCCOCC1CCCCC1CN. The van der Waals surface area contributed by atoms with E-state index in [1.165, 1.54) is 25.7 Å². The average Bonchev–Trinajstić information content (AvgIpc) is 2.38. The van der Waals surface area contributed by atoms with E-state index in [0.29, 0.717) is 24.9 Å². The van der Waals surface area contributed by atoms with E-state index in [9.17, 15) is 4.79 Å². The van der Waals surface area contributed by atoms with Gasteiger partial charge in [-0.25, -0.2) is 0 Å². The third-order valence-corrected chi connectivity index (χ3v) is 3.88. The number of nitrogens with two attached hydrogens (primary N) is 1. The minimum atomic E-state index is 0.177. The summed E-state index contributed by atoms with van der Waals surface area (Å²) in [4.78, 5) is 13.0. The number of hydrogen-bond donors (Lipinski definition) is 1. The minimum absolute atomic E-state index is 0.177. The highest BCUT2D eigenvalue weighted by molar-refractivity contribution is 5.75. The summed E-state index contributed by atoms with van der Waals surface area (Å²) in [5.41, 5.74) is 5.79. The number of amides is 1. The van der Waals surface area contributed by atoms with Gasteiger partial charge in [-0.05, 0) is 37.6 Å². The van der Waals surface area contributed by atoms with Crippen molar-refractivity contribution in [1.82, 2.24) is 4.90 Å². The molecule has 0 aromatic heterocycles. The second-order valence-corrected chi connectivity index (χ2v) is 5.51. The molecule has 2 unspecified atom stereocenters. The van der Waals surface area contributed by atoms with E-state index in [0.717, 1.165) is 19.6 Å². The van der Waals surface area contributed by atoms with Crippen LogP contribution in [0.4, 0.5) is 0 Å². The molecule has 1 aliphatic carbocycles. The first kappa shape index (κ1) is 15.4. The highest BCUT2D eigenvalue weighted by atomic mass is 16.5. The largest absolute Gasteiger partial charge is 0.381 e. The summed E-state index contributed by atoms with van der Waals surface area (Å²) in [5, 5.41) is 0. The van der Waals surface area contributed by atoms with Crippen LogP contribution in [0.15, 0.2) is 0 Å². The van der Waals surface area contributed by atoms with Crippen LogP contribution in [-0.2, 0) is 9.53 Å². The Hall–Kier alpha value is -0.610. The molecule has 0 aromatic carbocycles. The van der Waals surface area contributed by atoms with E-state index < -0.39 is 0 Å². The van der Waals surface area contributed by atoms with Crippen molar-refractivity contribution >= 4 is 5.91 Å². The fourth-order valence-corrected chi connectivity index (χ4v) is 2.60. The van der Waals surface area contributed by atoms with Crippen molar-refractivity contribution in [3.63, 3.8) is 0 Å². The van der Waals surface area contributed by atoms with Gasteiger partial charge in [0.05, 0.1) is 0 Å². The molecular weight excluding hydrogens is 228 g/mol. The van der Waals surface area contributed by atoms with Gasteiger partial charge in [-0.3, -0.25) is 4.79 Å². The number of rotatable bonds is 7. The molecule has 1 rings (SSSR count). The quantitative estimate of drug-likeness (QED) is 0.704. The molecular formula is C14H28N2O2. The lowest BCUT2D eigenvalue weighted by atomic mass is 9.80. The van der Waals surface area contributed by atoms with Crippen molar-refractivity contribution in [2.75, 3.05) is 33.9 Å². The third kappa shape index (κ3) is 5.36. The molecule has 0 radical (unpaired) electrons. The van der Waals surface area contributed by atoms with E-state index in [1.807, 2.05) is 0 Å². The third-order valence-electron chi connectivity index (χ3n) is 3.88. The van der Waals surface area contributed by atoms with Crippen molar-refractivity contribution in [3.05, 3.63) is 0 Å². The first-order chi connectivity index (χ1) is 8.65. The topological polar surface area (TPSA) is 55.6 Å². The molecule has 106 valence electrons. The van der Waals surface area contributed by atoms with Crippen molar-refractivity contribution in [3.8, 4) is 0 Å². The Morgan fingerprint density at radius 3 is 2.56 bits per heavy atom. The molecule has 1 amide bonds. The predicted molar refractivity (Wildman–Crippen MR) is 73.2 cm³/mol. The van der Waals surface area contributed by atoms with E-state index >= 15 is 0 Å². The minimum Gasteiger partial charge on any atom is -0.381 e. The Labute approximate surface area is 111 Å². The fraction of sp³-hybridized carbons (Fsp3) is 0.929. The fourth-order valence-electron chi connectivity index (χ4n) is 2.60. The van der Waals surface area contributed by atoms with Crippen LogP contribution in [0.3, 0.4) is 0 Å². The van der Waals surface area contributed by atoms with Gasteiger partial charge in [-0.15, -0.1) is 0 Å². The highest BCUT2D eigenvalue weighted by Gasteiger charge is 2.23. The maximum Gasteiger partial charge on any atom is 0.222 e. The summed E-state index contributed by atoms with van der Waals surface area (Å²) >= 11 is 0. The molecule has 0 heterocycles. The van der Waals surface area contributed by atoms with Gasteiger partial charge in [-0.2, -0.15) is 0 Å². The molecule has 0 aromatic rings. The van der Waals surface area contributed by atoms with Gasteiger partial charge in [0.1, 0.15) is 0 Å². The lowest BCUT2D eigenvalue weighted by molar-refractivity contribution is -0.129. The summed E-state index contributed by atoms with van der Waals surface area (Å²) in [6.45, 7) is 2.29. The summed E-state index contributed by atoms with van der Waals surface area (Å²) in [6.07, 6.45) is 6.52. The predicted octanol–water partition coefficient (Wildman–Crippen LogP) is 1.64. The molecule has 4 nitrogen and oxygen atoms in total. The summed E-state index contributed by atoms with van der Waals surface area (Å²) < 4.78 is 5.71. The van der Waals surface area contributed by atoms with Crippen molar-refractivity contribution in [1.29, 1.82) is 0 Å². The average molecular weight is 256 g/mol. The molecule has 4 heteroatoms. The molecule has 1 aliphatic rings. The number of ether oxygens (including phenoxy) is 1. The Bertz CT molecular complexity index is 244. The highest BCUT2D eigenvalue weighted by Crippen LogP contribution is 2.29. The molecule has 1 fully saturated rings. The first-order valence-electron chi connectivity index (χ1n) is 7.13. The summed E-state index contributed by atoms with van der Waals surface area (Å²) in [5.74, 6) is 1.45. The van der Waals surface area contributed by atoms with Gasteiger partial charge in [0.15, 0.2) is 0 Å². The molecule has 0 bridgehead atoms. The van der Waals surface area contributed by atoms with Crippen LogP contribution < -0.4 is 5.73 Å². The van der Waals surface area contributed by atoms with Crippen LogP contribution >= 0.6 is 0 Å². The number of carbonyl (C=O) groups is 1. The van der Waals surface area contributed by atoms with Crippen molar-refractivity contribution in [2.24, 2.45) is 17.6 Å². The van der Waals surface area contributed by atoms with Crippen molar-refractivity contribution < 1.29 is 9.53 Å². The zero-order valence-corrected chi connectivity index (χ0v) is 11.9. The van der Waals surface area contributed by atoms with Crippen LogP contribution in [0.1, 0.15) is 38.5 Å². The van der Waals surface area contributed by atoms with Gasteiger partial charge >= 0.3 is 0 Å². The van der Waals surface area contributed by atoms with Gasteiger partial charge in [0.2, 0.25) is 5.91 Å². The Morgan fingerprint density at radius 2 is 1.94 bits per heavy atom. The van der Waals surface area contributed by atoms with E-state index in [1.54, 1.807) is 19.0 Å². The lowest BCUT2D eigenvalue weighted by Crippen LogP contribution is -2.30. The number of hydrogen-bond acceptors (Lipinski definition) is 3. The van der Waals surface area contributed by atoms with Crippen molar-refractivity contribution in [2.45, 2.75) is 38.5 Å². The second-order valence-electron chi connectivity index (χ2n) is 5.51. The molecule has 0 saturated heterocycles. The molecule has 0 spiro atoms. The van der Waals surface area contributed by atoms with Gasteiger partial charge < -0.3 is 15.4 Å². The number of nitrogens with zero attached hydrogens (tertiary/aromatic N) is 1. The molecule has 18 heavy (non-hydrogen) atoms. The van der Waals surface area contributed by atoms with Gasteiger partial charge in [0, 0.05) is 33.7 Å². The Morgan fingerprint density at radius 1 is 1.28 bits per heavy atom. The zero-order valence-electron chi connectivity index (χ0n) is 11.9. The van der Waals surface area contributed by atoms with Crippen LogP contribution in [0.2, 0.25) is 0 Å². The zero-order chi connectivity index (χ0) is 13.4. The second kappa shape index (κ2) is 8.48. The van der Waals surface area contributed by atoms with E-state index in [2.05, 4.69) is 0 Å². The lowest BCUT2D eigenvalue weighted by Gasteiger charge is -2.30. The van der Waals surface area contributed by atoms with Gasteiger partial charge in [-0.1, -0.05) is 12.8 Å². The molecule has 0 aliphatic heterocycles. The summed E-state index contributed by atoms with van der Waals surface area (Å²) in [7, 11) is 3.58. The Balaban J connectivity index is 2.08. The van der Waals surface area contributed by atoms with Crippen LogP contribution in [0.5, 0.6) is 0 Å². The summed E-state index contributed by atoms with van der Waals surface area (Å²) in [6, 6.07) is 0. The van der Waals surface area contributed by atoms with Crippen LogP contribution in [0, 0.1) is 11.8 Å². The normalized spacial score (nSPS) is 23.9. The van der Waals surface area contributed by atoms with Gasteiger partial charge in [0.25, 0.3) is 0 Å². The molecule has 1 saturated carbocycles. The maximum absolute atomic E-state index is 11.4. The maximum atomic E-state index is 11.4. The smallest absolute Gasteiger partial charge is 0.222 e. The first-order valence-corrected chi connectivity index (χ1v) is 7.13. The standard InChI is InChI=1S/C14H28N2O2/c1-16(2)14(17)8-5-9-18-11-13-7-4-3-6-12(13)10-15/h12-13H,3-11,15H2,1-2H3. The molecule has 2 N–H and O–H groups in total.